The van der Waals surface area contributed by atoms with Gasteiger partial charge >= 0.3 is 12.2 Å². The van der Waals surface area contributed by atoms with Crippen LogP contribution in [-0.4, -0.2) is 33.3 Å². The number of imide groups is 1. The fourth-order valence-electron chi connectivity index (χ4n) is 1.40. The van der Waals surface area contributed by atoms with E-state index in [0.29, 0.717) is 5.01 Å². The molecule has 126 valence electrons. The van der Waals surface area contributed by atoms with Crippen LogP contribution in [0.15, 0.2) is 5.38 Å². The summed E-state index contributed by atoms with van der Waals surface area (Å²) in [6.45, 7) is 17.1. The van der Waals surface area contributed by atoms with Crippen LogP contribution in [-0.2, 0) is 16.0 Å². The van der Waals surface area contributed by atoms with Crippen molar-refractivity contribution >= 4 is 29.3 Å². The molecule has 0 aromatic carbocycles. The number of nitrogens with zero attached hydrogens (tertiary/aromatic N) is 3. The molecule has 1 heterocycles. The van der Waals surface area contributed by atoms with Crippen molar-refractivity contribution < 1.29 is 19.1 Å². The zero-order valence-corrected chi connectivity index (χ0v) is 15.0. The quantitative estimate of drug-likeness (QED) is 0.748. The molecule has 23 heavy (non-hydrogen) atoms. The summed E-state index contributed by atoms with van der Waals surface area (Å²) in [5, 5.41) is 2.01. The Morgan fingerprint density at radius 3 is 2.00 bits per heavy atom. The monoisotopic (exact) mass is 339 g/mol. The van der Waals surface area contributed by atoms with Crippen LogP contribution in [0.2, 0.25) is 0 Å². The molecule has 0 N–H and O–H groups in total. The fraction of sp³-hybridized carbons (Fsp3) is 0.600. The fourth-order valence-corrected chi connectivity index (χ4v) is 2.09. The first-order chi connectivity index (χ1) is 10.4. The molecule has 0 radical (unpaired) electrons. The summed E-state index contributed by atoms with van der Waals surface area (Å²) in [5.74, 6) is 0.221. The molecule has 0 aliphatic heterocycles. The van der Waals surface area contributed by atoms with Gasteiger partial charge in [-0.3, -0.25) is 0 Å². The van der Waals surface area contributed by atoms with E-state index < -0.39 is 23.4 Å². The predicted octanol–water partition coefficient (Wildman–Crippen LogP) is 4.37. The topological polar surface area (TPSA) is 73.1 Å². The molecule has 0 unspecified atom stereocenters. The molecule has 1 aromatic rings. The molecular formula is C15H21N3O4S. The van der Waals surface area contributed by atoms with Gasteiger partial charge in [-0.05, 0) is 41.5 Å². The zero-order chi connectivity index (χ0) is 17.8. The van der Waals surface area contributed by atoms with Crippen LogP contribution in [0.1, 0.15) is 46.6 Å². The third kappa shape index (κ3) is 6.65. The van der Waals surface area contributed by atoms with E-state index in [1.165, 1.54) is 11.3 Å². The van der Waals surface area contributed by atoms with Crippen molar-refractivity contribution in [2.45, 2.75) is 59.3 Å². The Bertz CT molecular complexity index is 592. The molecule has 0 fully saturated rings. The third-order valence-electron chi connectivity index (χ3n) is 2.18. The average molecular weight is 339 g/mol. The summed E-state index contributed by atoms with van der Waals surface area (Å²) < 4.78 is 10.5. The smallest absolute Gasteiger partial charge is 0.420 e. The van der Waals surface area contributed by atoms with Gasteiger partial charge in [-0.15, -0.1) is 16.3 Å². The van der Waals surface area contributed by atoms with Gasteiger partial charge in [0.1, 0.15) is 17.7 Å². The van der Waals surface area contributed by atoms with Gasteiger partial charge in [0.2, 0.25) is 5.01 Å². The van der Waals surface area contributed by atoms with Gasteiger partial charge in [0.25, 0.3) is 5.82 Å². The van der Waals surface area contributed by atoms with Gasteiger partial charge in [0, 0.05) is 5.38 Å². The van der Waals surface area contributed by atoms with Gasteiger partial charge in [-0.2, -0.15) is 0 Å². The molecule has 1 rings (SSSR count). The van der Waals surface area contributed by atoms with Gasteiger partial charge in [-0.25, -0.2) is 14.5 Å². The minimum Gasteiger partial charge on any atom is -0.443 e. The molecule has 8 heteroatoms. The number of aromatic nitrogens is 1. The second kappa shape index (κ2) is 6.96. The van der Waals surface area contributed by atoms with Crippen LogP contribution >= 0.6 is 11.3 Å². The Morgan fingerprint density at radius 2 is 1.65 bits per heavy atom. The van der Waals surface area contributed by atoms with Crippen molar-refractivity contribution in [1.29, 1.82) is 0 Å². The first kappa shape index (κ1) is 18.9. The van der Waals surface area contributed by atoms with Crippen LogP contribution in [0.5, 0.6) is 0 Å². The van der Waals surface area contributed by atoms with E-state index in [1.807, 2.05) is 0 Å². The molecule has 0 saturated carbocycles. The van der Waals surface area contributed by atoms with Crippen molar-refractivity contribution in [3.05, 3.63) is 21.8 Å². The summed E-state index contributed by atoms with van der Waals surface area (Å²) in [5.41, 5.74) is -1.50. The lowest BCUT2D eigenvalue weighted by atomic mass is 10.2. The highest BCUT2D eigenvalue weighted by Gasteiger charge is 2.32. The maximum Gasteiger partial charge on any atom is 0.420 e. The maximum absolute atomic E-state index is 12.3. The highest BCUT2D eigenvalue weighted by Crippen LogP contribution is 2.21. The number of amides is 2. The van der Waals surface area contributed by atoms with Gasteiger partial charge in [0.05, 0.1) is 0 Å². The van der Waals surface area contributed by atoms with Crippen molar-refractivity contribution in [2.24, 2.45) is 0 Å². The van der Waals surface area contributed by atoms with Crippen molar-refractivity contribution in [2.75, 3.05) is 0 Å². The minimum atomic E-state index is -0.814. The van der Waals surface area contributed by atoms with Gasteiger partial charge < -0.3 is 14.3 Å². The number of hydrogen-bond donors (Lipinski definition) is 0. The number of carbonyl (C=O) groups is 2. The normalized spacial score (nSPS) is 11.5. The largest absolute Gasteiger partial charge is 0.443 e. The second-order valence-electron chi connectivity index (χ2n) is 6.76. The van der Waals surface area contributed by atoms with Crippen molar-refractivity contribution in [1.82, 2.24) is 9.88 Å². The number of rotatable bonds is 2. The third-order valence-corrected chi connectivity index (χ3v) is 3.00. The zero-order valence-electron chi connectivity index (χ0n) is 14.2. The molecule has 0 spiro atoms. The van der Waals surface area contributed by atoms with E-state index >= 15 is 0 Å². The van der Waals surface area contributed by atoms with E-state index in [1.54, 1.807) is 46.9 Å². The van der Waals surface area contributed by atoms with E-state index in [-0.39, 0.29) is 12.4 Å². The molecule has 7 nitrogen and oxygen atoms in total. The van der Waals surface area contributed by atoms with Crippen LogP contribution in [0.3, 0.4) is 0 Å². The van der Waals surface area contributed by atoms with E-state index in [4.69, 9.17) is 16.0 Å². The summed E-state index contributed by atoms with van der Waals surface area (Å²) in [7, 11) is 0. The highest BCUT2D eigenvalue weighted by atomic mass is 32.1. The average Bonchev–Trinajstić information content (AvgIpc) is 2.79. The van der Waals surface area contributed by atoms with Crippen molar-refractivity contribution in [3.63, 3.8) is 0 Å². The Hall–Kier alpha value is -2.14. The summed E-state index contributed by atoms with van der Waals surface area (Å²) >= 11 is 1.19. The van der Waals surface area contributed by atoms with Crippen LogP contribution in [0.4, 0.5) is 15.4 Å². The van der Waals surface area contributed by atoms with E-state index in [0.717, 1.165) is 4.90 Å². The van der Waals surface area contributed by atoms with Gasteiger partial charge in [-0.1, -0.05) is 6.57 Å². The van der Waals surface area contributed by atoms with E-state index in [9.17, 15) is 9.59 Å². The second-order valence-corrected chi connectivity index (χ2v) is 7.70. The van der Waals surface area contributed by atoms with Crippen LogP contribution in [0, 0.1) is 6.57 Å². The lowest BCUT2D eigenvalue weighted by Gasteiger charge is -2.27. The molecule has 0 saturated heterocycles. The highest BCUT2D eigenvalue weighted by molar-refractivity contribution is 7.10. The summed E-state index contributed by atoms with van der Waals surface area (Å²) in [6, 6.07) is 0. The number of thiazole rings is 1. The molecule has 0 bridgehead atoms. The molecule has 2 amide bonds. The SMILES string of the molecule is [C-]#[N+]c1csc(CN(C(=O)OC(C)(C)C)C(=O)OC(C)(C)C)n1. The summed E-state index contributed by atoms with van der Waals surface area (Å²) in [4.78, 5) is 32.7. The summed E-state index contributed by atoms with van der Waals surface area (Å²) in [6.07, 6.45) is -1.63. The Morgan fingerprint density at radius 1 is 1.17 bits per heavy atom. The first-order valence-corrected chi connectivity index (χ1v) is 7.84. The Kier molecular flexibility index (Phi) is 5.72. The molecule has 0 atom stereocenters. The Balaban J connectivity index is 2.98. The minimum absolute atomic E-state index is 0.107. The van der Waals surface area contributed by atoms with Crippen LogP contribution < -0.4 is 0 Å². The lowest BCUT2D eigenvalue weighted by molar-refractivity contribution is -0.000252. The van der Waals surface area contributed by atoms with Crippen LogP contribution in [0.25, 0.3) is 4.85 Å². The molecule has 1 aromatic heterocycles. The number of carbonyl (C=O) groups excluding carboxylic acids is 2. The predicted molar refractivity (Wildman–Crippen MR) is 86.4 cm³/mol. The molecular weight excluding hydrogens is 318 g/mol. The Labute approximate surface area is 140 Å². The standard InChI is InChI=1S/C15H21N3O4S/c1-14(2,3)21-12(19)18(13(20)22-15(4,5)6)8-11-17-10(16-7)9-23-11/h9H,8H2,1-6H3. The number of ether oxygens (including phenoxy) is 2. The molecule has 0 aliphatic carbocycles. The maximum atomic E-state index is 12.3. The van der Waals surface area contributed by atoms with E-state index in [2.05, 4.69) is 9.83 Å². The molecule has 0 aliphatic rings. The first-order valence-electron chi connectivity index (χ1n) is 6.96. The number of hydrogen-bond acceptors (Lipinski definition) is 6. The van der Waals surface area contributed by atoms with Crippen molar-refractivity contribution in [3.8, 4) is 0 Å². The van der Waals surface area contributed by atoms with Gasteiger partial charge in [0.15, 0.2) is 0 Å². The lowest BCUT2D eigenvalue weighted by Crippen LogP contribution is -2.43.